The monoisotopic (exact) mass is 499 g/mol. The largest absolute Gasteiger partial charge is 0.469 e. The van der Waals surface area contributed by atoms with Crippen molar-refractivity contribution in [1.82, 2.24) is 0 Å². The molecule has 0 spiro atoms. The minimum atomic E-state index is -0.787. The fraction of sp³-hybridized carbons (Fsp3) is 0.310. The molecule has 0 bridgehead atoms. The number of nitro benzene ring substituents is 1. The second kappa shape index (κ2) is 10.4. The first-order valence-corrected chi connectivity index (χ1v) is 12.7. The van der Waals surface area contributed by atoms with Crippen molar-refractivity contribution >= 4 is 28.8 Å². The van der Waals surface area contributed by atoms with Gasteiger partial charge in [0.25, 0.3) is 5.69 Å². The molecule has 0 fully saturated rings. The van der Waals surface area contributed by atoms with E-state index in [1.165, 1.54) is 12.1 Å². The van der Waals surface area contributed by atoms with Crippen LogP contribution in [0.2, 0.25) is 0 Å². The number of amides is 1. The van der Waals surface area contributed by atoms with Crippen LogP contribution in [-0.4, -0.2) is 16.6 Å². The summed E-state index contributed by atoms with van der Waals surface area (Å²) in [7, 11) is 0. The van der Waals surface area contributed by atoms with Gasteiger partial charge in [0.15, 0.2) is 5.78 Å². The number of furan rings is 1. The summed E-state index contributed by atoms with van der Waals surface area (Å²) in [5.41, 5.74) is 3.01. The predicted molar refractivity (Wildman–Crippen MR) is 140 cm³/mol. The fourth-order valence-corrected chi connectivity index (χ4v) is 5.36. The lowest BCUT2D eigenvalue weighted by Gasteiger charge is -2.35. The van der Waals surface area contributed by atoms with Crippen molar-refractivity contribution in [3.8, 4) is 0 Å². The van der Waals surface area contributed by atoms with E-state index < -0.39 is 11.0 Å². The average molecular weight is 500 g/mol. The van der Waals surface area contributed by atoms with E-state index in [1.807, 2.05) is 36.4 Å². The third-order valence-electron chi connectivity index (χ3n) is 7.09. The summed E-state index contributed by atoms with van der Waals surface area (Å²) in [4.78, 5) is 40.6. The quantitative estimate of drug-likeness (QED) is 0.221. The molecule has 2 aromatic carbocycles. The highest BCUT2D eigenvalue weighted by Crippen LogP contribution is 2.48. The molecule has 0 unspecified atom stereocenters. The van der Waals surface area contributed by atoms with Gasteiger partial charge in [-0.2, -0.15) is 0 Å². The number of rotatable bonds is 7. The maximum Gasteiger partial charge on any atom is 0.269 e. The van der Waals surface area contributed by atoms with Crippen LogP contribution in [0.4, 0.5) is 17.1 Å². The first-order chi connectivity index (χ1) is 18.0. The highest BCUT2D eigenvalue weighted by molar-refractivity contribution is 6.06. The van der Waals surface area contributed by atoms with Crippen molar-refractivity contribution in [2.45, 2.75) is 57.4 Å². The Bertz CT molecular complexity index is 1360. The fourth-order valence-electron chi connectivity index (χ4n) is 5.36. The van der Waals surface area contributed by atoms with Crippen LogP contribution >= 0.6 is 0 Å². The highest BCUT2D eigenvalue weighted by atomic mass is 16.6. The lowest BCUT2D eigenvalue weighted by Crippen LogP contribution is -2.38. The number of non-ortho nitro benzene ring substituents is 1. The van der Waals surface area contributed by atoms with Crippen LogP contribution in [0.15, 0.2) is 82.6 Å². The number of nitrogens with one attached hydrogen (secondary N) is 1. The number of Topliss-reactive ketones (excluding diaryl/α,β-unsaturated/α-hetero) is 1. The average Bonchev–Trinajstić information content (AvgIpc) is 3.39. The van der Waals surface area contributed by atoms with Crippen molar-refractivity contribution in [1.29, 1.82) is 0 Å². The van der Waals surface area contributed by atoms with Gasteiger partial charge in [0.05, 0.1) is 28.6 Å². The zero-order valence-electron chi connectivity index (χ0n) is 20.7. The number of nitrogens with zero attached hydrogens (tertiary/aromatic N) is 2. The van der Waals surface area contributed by atoms with Crippen LogP contribution in [0.3, 0.4) is 0 Å². The third kappa shape index (κ3) is 4.79. The molecule has 1 aliphatic heterocycles. The molecular weight excluding hydrogens is 470 g/mol. The van der Waals surface area contributed by atoms with Gasteiger partial charge in [-0.25, -0.2) is 0 Å². The van der Waals surface area contributed by atoms with Crippen LogP contribution in [-0.2, 0) is 9.59 Å². The summed E-state index contributed by atoms with van der Waals surface area (Å²) in [6.45, 7) is 2.08. The van der Waals surface area contributed by atoms with Gasteiger partial charge in [-0.05, 0) is 42.7 Å². The molecule has 3 aromatic rings. The SMILES string of the molecule is CCCCCC(=O)N1c2ccccc2NC2=C(C(=O)C[C@@H](c3ccco3)C2)[C@@H]1c1cccc([N+](=O)[O-])c1. The molecule has 190 valence electrons. The number of fused-ring (bicyclic) bond motifs is 1. The molecule has 0 saturated carbocycles. The molecule has 2 heterocycles. The molecule has 37 heavy (non-hydrogen) atoms. The number of anilines is 2. The summed E-state index contributed by atoms with van der Waals surface area (Å²) in [5.74, 6) is 0.372. The second-order valence-electron chi connectivity index (χ2n) is 9.55. The van der Waals surface area contributed by atoms with E-state index in [-0.39, 0.29) is 29.7 Å². The van der Waals surface area contributed by atoms with E-state index in [9.17, 15) is 19.7 Å². The first-order valence-electron chi connectivity index (χ1n) is 12.7. The van der Waals surface area contributed by atoms with E-state index in [2.05, 4.69) is 12.2 Å². The Labute approximate surface area is 215 Å². The number of carbonyl (C=O) groups excluding carboxylic acids is 2. The zero-order chi connectivity index (χ0) is 25.9. The standard InChI is InChI=1S/C29H29N3O5/c1-2-3-4-14-27(34)31-24-12-6-5-11-22(24)30-23-17-20(26-13-8-15-37-26)18-25(33)28(23)29(31)19-9-7-10-21(16-19)32(35)36/h5-13,15-16,20,29-30H,2-4,14,17-18H2,1H3/t20-,29-/m0/s1. The second-order valence-corrected chi connectivity index (χ2v) is 9.55. The van der Waals surface area contributed by atoms with Gasteiger partial charge in [0.2, 0.25) is 5.91 Å². The molecule has 1 aliphatic carbocycles. The summed E-state index contributed by atoms with van der Waals surface area (Å²) in [6, 6.07) is 16.6. The van der Waals surface area contributed by atoms with Gasteiger partial charge in [-0.1, -0.05) is 44.0 Å². The Hall–Kier alpha value is -4.20. The van der Waals surface area contributed by atoms with Gasteiger partial charge >= 0.3 is 0 Å². The van der Waals surface area contributed by atoms with Crippen molar-refractivity contribution in [2.75, 3.05) is 10.2 Å². The smallest absolute Gasteiger partial charge is 0.269 e. The highest BCUT2D eigenvalue weighted by Gasteiger charge is 2.42. The number of unbranched alkanes of at least 4 members (excludes halogenated alkanes) is 2. The molecule has 0 saturated heterocycles. The molecule has 1 aromatic heterocycles. The summed E-state index contributed by atoms with van der Waals surface area (Å²) in [5, 5.41) is 15.1. The predicted octanol–water partition coefficient (Wildman–Crippen LogP) is 6.67. The van der Waals surface area contributed by atoms with Crippen LogP contribution in [0.5, 0.6) is 0 Å². The normalized spacial score (nSPS) is 19.1. The maximum atomic E-state index is 13.9. The first kappa shape index (κ1) is 24.5. The number of nitro groups is 1. The van der Waals surface area contributed by atoms with Crippen molar-refractivity contribution in [3.63, 3.8) is 0 Å². The Morgan fingerprint density at radius 3 is 2.70 bits per heavy atom. The van der Waals surface area contributed by atoms with E-state index in [1.54, 1.807) is 23.3 Å². The van der Waals surface area contributed by atoms with Gasteiger partial charge in [0.1, 0.15) is 5.76 Å². The van der Waals surface area contributed by atoms with Crippen molar-refractivity contribution in [2.24, 2.45) is 0 Å². The number of carbonyl (C=O) groups is 2. The number of hydrogen-bond donors (Lipinski definition) is 1. The molecule has 2 aliphatic rings. The third-order valence-corrected chi connectivity index (χ3v) is 7.09. The topological polar surface area (TPSA) is 106 Å². The van der Waals surface area contributed by atoms with Crippen LogP contribution in [0, 0.1) is 10.1 Å². The van der Waals surface area contributed by atoms with Crippen LogP contribution < -0.4 is 10.2 Å². The number of para-hydroxylation sites is 2. The molecule has 8 heteroatoms. The lowest BCUT2D eigenvalue weighted by atomic mass is 9.80. The van der Waals surface area contributed by atoms with Crippen molar-refractivity contribution < 1.29 is 18.9 Å². The minimum Gasteiger partial charge on any atom is -0.469 e. The summed E-state index contributed by atoms with van der Waals surface area (Å²) >= 11 is 0. The van der Waals surface area contributed by atoms with Gasteiger partial charge < -0.3 is 9.73 Å². The Morgan fingerprint density at radius 1 is 1.11 bits per heavy atom. The molecule has 0 radical (unpaired) electrons. The number of benzene rings is 2. The zero-order valence-corrected chi connectivity index (χ0v) is 20.7. The Morgan fingerprint density at radius 2 is 1.95 bits per heavy atom. The van der Waals surface area contributed by atoms with E-state index in [0.29, 0.717) is 35.4 Å². The van der Waals surface area contributed by atoms with E-state index in [4.69, 9.17) is 4.42 Å². The van der Waals surface area contributed by atoms with Gasteiger partial charge in [-0.15, -0.1) is 0 Å². The number of allylic oxidation sites excluding steroid dienone is 1. The van der Waals surface area contributed by atoms with E-state index in [0.717, 1.165) is 30.7 Å². The maximum absolute atomic E-state index is 13.9. The molecule has 1 N–H and O–H groups in total. The summed E-state index contributed by atoms with van der Waals surface area (Å²) < 4.78 is 5.63. The molecule has 5 rings (SSSR count). The van der Waals surface area contributed by atoms with Crippen LogP contribution in [0.1, 0.15) is 68.7 Å². The van der Waals surface area contributed by atoms with Gasteiger partial charge in [0, 0.05) is 42.2 Å². The lowest BCUT2D eigenvalue weighted by molar-refractivity contribution is -0.384. The van der Waals surface area contributed by atoms with Gasteiger partial charge in [-0.3, -0.25) is 24.6 Å². The van der Waals surface area contributed by atoms with E-state index >= 15 is 0 Å². The molecule has 1 amide bonds. The molecule has 2 atom stereocenters. The number of ketones is 1. The van der Waals surface area contributed by atoms with Crippen LogP contribution in [0.25, 0.3) is 0 Å². The number of hydrogen-bond acceptors (Lipinski definition) is 6. The molecule has 8 nitrogen and oxygen atoms in total. The minimum absolute atomic E-state index is 0.0831. The Balaban J connectivity index is 1.69. The molecular formula is C29H29N3O5. The summed E-state index contributed by atoms with van der Waals surface area (Å²) in [6.07, 6.45) is 5.28. The van der Waals surface area contributed by atoms with Crippen molar-refractivity contribution in [3.05, 3.63) is 99.6 Å². The Kier molecular flexibility index (Phi) is 6.90.